The highest BCUT2D eigenvalue weighted by Crippen LogP contribution is 2.46. The van der Waals surface area contributed by atoms with E-state index >= 15 is 0 Å². The van der Waals surface area contributed by atoms with Crippen LogP contribution in [0, 0.1) is 0 Å². The lowest BCUT2D eigenvalue weighted by Crippen LogP contribution is -2.56. The quantitative estimate of drug-likeness (QED) is 0.248. The van der Waals surface area contributed by atoms with Gasteiger partial charge in [0.15, 0.2) is 0 Å². The van der Waals surface area contributed by atoms with Crippen molar-refractivity contribution in [3.8, 4) is 11.3 Å². The van der Waals surface area contributed by atoms with Gasteiger partial charge in [-0.05, 0) is 58.1 Å². The van der Waals surface area contributed by atoms with Gasteiger partial charge in [-0.1, -0.05) is 78.9 Å². The van der Waals surface area contributed by atoms with Gasteiger partial charge in [-0.2, -0.15) is 0 Å². The average molecular weight is 469 g/mol. The highest BCUT2D eigenvalue weighted by Gasteiger charge is 2.43. The van der Waals surface area contributed by atoms with E-state index in [1.807, 2.05) is 6.20 Å². The fraction of sp³-hybridized carbons (Fsp3) is 0. The molecule has 0 radical (unpaired) electrons. The average Bonchev–Trinajstić information content (AvgIpc) is 3.30. The third-order valence-electron chi connectivity index (χ3n) is 8.18. The van der Waals surface area contributed by atoms with Gasteiger partial charge in [0.1, 0.15) is 0 Å². The first-order chi connectivity index (χ1) is 18.4. The van der Waals surface area contributed by atoms with Crippen LogP contribution in [0.1, 0.15) is 0 Å². The van der Waals surface area contributed by atoms with Crippen molar-refractivity contribution in [1.82, 2.24) is 9.46 Å². The van der Waals surface area contributed by atoms with Crippen molar-refractivity contribution in [3.63, 3.8) is 0 Å². The second kappa shape index (κ2) is 6.89. The van der Waals surface area contributed by atoms with E-state index < -0.39 is 0 Å². The van der Waals surface area contributed by atoms with Crippen LogP contribution in [0.5, 0.6) is 0 Å². The summed E-state index contributed by atoms with van der Waals surface area (Å²) in [7, 11) is 0. The maximum Gasteiger partial charge on any atom is 0.333 e. The lowest BCUT2D eigenvalue weighted by Gasteiger charge is -2.40. The van der Waals surface area contributed by atoms with Crippen LogP contribution >= 0.6 is 0 Å². The van der Waals surface area contributed by atoms with Crippen LogP contribution in [-0.2, 0) is 0 Å². The zero-order valence-electron chi connectivity index (χ0n) is 20.0. The number of para-hydroxylation sites is 3. The minimum absolute atomic E-state index is 0.0601. The first-order valence-electron chi connectivity index (χ1n) is 12.8. The second-order valence-corrected chi connectivity index (χ2v) is 9.98. The number of aromatic nitrogens is 2. The second-order valence-electron chi connectivity index (χ2n) is 9.98. The highest BCUT2D eigenvalue weighted by atomic mass is 15.2. The highest BCUT2D eigenvalue weighted by molar-refractivity contribution is 6.90. The van der Waals surface area contributed by atoms with Crippen molar-refractivity contribution in [3.05, 3.63) is 121 Å². The van der Waals surface area contributed by atoms with E-state index in [4.69, 9.17) is 4.98 Å². The molecule has 0 saturated carbocycles. The van der Waals surface area contributed by atoms with Crippen molar-refractivity contribution in [2.24, 2.45) is 0 Å². The number of hydrogen-bond acceptors (Lipinski definition) is 2. The number of rotatable bonds is 1. The van der Waals surface area contributed by atoms with Crippen LogP contribution in [0.2, 0.25) is 0 Å². The molecule has 0 saturated heterocycles. The first-order valence-corrected chi connectivity index (χ1v) is 12.8. The molecule has 7 aromatic rings. The largest absolute Gasteiger partial charge is 0.374 e. The van der Waals surface area contributed by atoms with Gasteiger partial charge in [-0.25, -0.2) is 0 Å². The molecule has 5 aromatic carbocycles. The summed E-state index contributed by atoms with van der Waals surface area (Å²) in [6.07, 6.45) is 1.98. The van der Waals surface area contributed by atoms with Crippen molar-refractivity contribution in [2.45, 2.75) is 0 Å². The zero-order valence-corrected chi connectivity index (χ0v) is 20.0. The fourth-order valence-electron chi connectivity index (χ4n) is 6.79. The van der Waals surface area contributed by atoms with Crippen LogP contribution in [0.15, 0.2) is 121 Å². The Hall–Kier alpha value is -4.83. The molecule has 2 aliphatic rings. The molecular weight excluding hydrogens is 449 g/mol. The zero-order chi connectivity index (χ0) is 24.1. The monoisotopic (exact) mass is 469 g/mol. The Kier molecular flexibility index (Phi) is 3.61. The van der Waals surface area contributed by atoms with E-state index in [9.17, 15) is 0 Å². The summed E-state index contributed by atoms with van der Waals surface area (Å²) in [4.78, 5) is 7.51. The normalized spacial score (nSPS) is 13.3. The Morgan fingerprint density at radius 3 is 2.30 bits per heavy atom. The number of nitrogens with zero attached hydrogens (tertiary/aromatic N) is 3. The smallest absolute Gasteiger partial charge is 0.333 e. The Bertz CT molecular complexity index is 2060. The number of hydrogen-bond donors (Lipinski definition) is 0. The molecule has 2 aliphatic heterocycles. The van der Waals surface area contributed by atoms with E-state index in [1.165, 1.54) is 66.1 Å². The molecule has 3 nitrogen and oxygen atoms in total. The van der Waals surface area contributed by atoms with Gasteiger partial charge in [0.05, 0.1) is 11.2 Å². The van der Waals surface area contributed by atoms with Gasteiger partial charge in [-0.15, -0.1) is 0 Å². The molecule has 0 bridgehead atoms. The lowest BCUT2D eigenvalue weighted by atomic mass is 9.45. The number of pyridine rings is 1. The van der Waals surface area contributed by atoms with Crippen molar-refractivity contribution >= 4 is 67.4 Å². The van der Waals surface area contributed by atoms with Crippen LogP contribution in [0.3, 0.4) is 0 Å². The molecule has 0 atom stereocenters. The number of benzene rings is 5. The third kappa shape index (κ3) is 2.35. The summed E-state index contributed by atoms with van der Waals surface area (Å²) in [5, 5.41) is 5.04. The molecular formula is C33H20BN3. The standard InChI is InChI=1S/C33H20BN3/c1-2-11-22(12-3-1)36-28-17-9-7-15-26(28)34-31-29(36)20-21-10-4-5-13-23(21)30(31)32-33-25(18-19-35-32)24-14-6-8-16-27(24)37(33)34/h1-20H. The summed E-state index contributed by atoms with van der Waals surface area (Å²) in [5.41, 5.74) is 11.1. The minimum atomic E-state index is 0.0601. The third-order valence-corrected chi connectivity index (χ3v) is 8.18. The predicted molar refractivity (Wildman–Crippen MR) is 155 cm³/mol. The fourth-order valence-corrected chi connectivity index (χ4v) is 6.79. The topological polar surface area (TPSA) is 21.1 Å². The van der Waals surface area contributed by atoms with E-state index in [0.717, 1.165) is 5.69 Å². The van der Waals surface area contributed by atoms with Gasteiger partial charge in [-0.3, -0.25) is 4.98 Å². The Balaban J connectivity index is 1.55. The SMILES string of the molecule is c1ccc(N2c3ccccc3B3c4c2cc2ccccc2c4-c2nccc4c5ccccc5n3c24)cc1. The number of anilines is 3. The van der Waals surface area contributed by atoms with Gasteiger partial charge in [0.2, 0.25) is 0 Å². The molecule has 0 amide bonds. The maximum atomic E-state index is 5.07. The van der Waals surface area contributed by atoms with E-state index in [0.29, 0.717) is 0 Å². The van der Waals surface area contributed by atoms with Crippen molar-refractivity contribution < 1.29 is 0 Å². The van der Waals surface area contributed by atoms with Gasteiger partial charge in [0, 0.05) is 45.1 Å². The minimum Gasteiger partial charge on any atom is -0.374 e. The summed E-state index contributed by atoms with van der Waals surface area (Å²) in [6.45, 7) is 0.0601. The molecule has 0 fully saturated rings. The number of fused-ring (bicyclic) bond motifs is 9. The van der Waals surface area contributed by atoms with Crippen molar-refractivity contribution in [1.29, 1.82) is 0 Å². The molecule has 37 heavy (non-hydrogen) atoms. The van der Waals surface area contributed by atoms with Crippen LogP contribution in [0.4, 0.5) is 17.1 Å². The lowest BCUT2D eigenvalue weighted by molar-refractivity contribution is 1.24. The Morgan fingerprint density at radius 2 is 1.38 bits per heavy atom. The molecule has 0 spiro atoms. The summed E-state index contributed by atoms with van der Waals surface area (Å²) in [6, 6.07) is 41.8. The van der Waals surface area contributed by atoms with Crippen LogP contribution in [-0.4, -0.2) is 16.3 Å². The molecule has 9 rings (SSSR count). The Labute approximate surface area is 214 Å². The van der Waals surface area contributed by atoms with Gasteiger partial charge < -0.3 is 9.38 Å². The van der Waals surface area contributed by atoms with Crippen LogP contribution in [0.25, 0.3) is 43.8 Å². The van der Waals surface area contributed by atoms with Gasteiger partial charge >= 0.3 is 6.85 Å². The molecule has 4 heteroatoms. The Morgan fingerprint density at radius 1 is 0.622 bits per heavy atom. The molecule has 4 heterocycles. The molecule has 170 valence electrons. The molecule has 0 N–H and O–H groups in total. The maximum absolute atomic E-state index is 5.07. The summed E-state index contributed by atoms with van der Waals surface area (Å²) < 4.78 is 2.55. The summed E-state index contributed by atoms with van der Waals surface area (Å²) >= 11 is 0. The predicted octanol–water partition coefficient (Wildman–Crippen LogP) is 6.76. The van der Waals surface area contributed by atoms with Crippen molar-refractivity contribution in [2.75, 3.05) is 4.90 Å². The van der Waals surface area contributed by atoms with Gasteiger partial charge in [0.25, 0.3) is 0 Å². The first kappa shape index (κ1) is 19.4. The van der Waals surface area contributed by atoms with E-state index in [2.05, 4.69) is 125 Å². The molecule has 2 aromatic heterocycles. The van der Waals surface area contributed by atoms with E-state index in [1.54, 1.807) is 0 Å². The molecule has 0 unspecified atom stereocenters. The molecule has 0 aliphatic carbocycles. The summed E-state index contributed by atoms with van der Waals surface area (Å²) in [5.74, 6) is 0. The van der Waals surface area contributed by atoms with Crippen LogP contribution < -0.4 is 15.8 Å². The van der Waals surface area contributed by atoms with E-state index in [-0.39, 0.29) is 6.85 Å².